The number of aliphatic hydroxyl groups is 1. The van der Waals surface area contributed by atoms with Crippen molar-refractivity contribution in [1.82, 2.24) is 19.2 Å². The highest BCUT2D eigenvalue weighted by atomic mass is 16.5. The number of carbonyl (C=O) groups excluding carboxylic acids is 2. The van der Waals surface area contributed by atoms with Crippen LogP contribution in [0, 0.1) is 13.8 Å². The Bertz CT molecular complexity index is 1340. The molecule has 1 unspecified atom stereocenters. The molecule has 2 saturated heterocycles. The fraction of sp³-hybridized carbons (Fsp3) is 0.370. The lowest BCUT2D eigenvalue weighted by molar-refractivity contribution is -0.140. The van der Waals surface area contributed by atoms with Crippen LogP contribution in [0.1, 0.15) is 28.6 Å². The van der Waals surface area contributed by atoms with Crippen LogP contribution in [0.25, 0.3) is 11.4 Å². The van der Waals surface area contributed by atoms with Gasteiger partial charge in [0, 0.05) is 32.4 Å². The zero-order chi connectivity index (χ0) is 25.4. The Hall–Kier alpha value is -3.69. The predicted molar refractivity (Wildman–Crippen MR) is 134 cm³/mol. The van der Waals surface area contributed by atoms with Gasteiger partial charge in [0.1, 0.15) is 17.1 Å². The molecule has 2 aliphatic rings. The quantitative estimate of drug-likeness (QED) is 0.322. The van der Waals surface area contributed by atoms with Crippen molar-refractivity contribution < 1.29 is 24.2 Å². The first-order chi connectivity index (χ1) is 17.4. The molecule has 2 aromatic heterocycles. The van der Waals surface area contributed by atoms with Crippen molar-refractivity contribution in [2.75, 3.05) is 46.5 Å². The number of imidazole rings is 1. The third-order valence-corrected chi connectivity index (χ3v) is 7.04. The van der Waals surface area contributed by atoms with E-state index in [-0.39, 0.29) is 11.3 Å². The van der Waals surface area contributed by atoms with Gasteiger partial charge in [-0.15, -0.1) is 0 Å². The van der Waals surface area contributed by atoms with Crippen molar-refractivity contribution >= 4 is 23.1 Å². The fourth-order valence-corrected chi connectivity index (χ4v) is 4.99. The molecule has 9 nitrogen and oxygen atoms in total. The molecule has 0 radical (unpaired) electrons. The number of methoxy groups -OCH3 is 1. The number of ether oxygens (including phenoxy) is 2. The number of benzene rings is 1. The van der Waals surface area contributed by atoms with E-state index in [9.17, 15) is 14.7 Å². The summed E-state index contributed by atoms with van der Waals surface area (Å²) in [6.45, 7) is 7.57. The standard InChI is InChI=1S/C27H30N4O5/c1-17-5-4-10-30-18(2)22(28-26(17)30)24(32)21-23(19-6-8-20(35-3)9-7-19)31(27(34)25(21)33)12-11-29-13-15-36-16-14-29/h4-10,23,32H,11-16H2,1-3H3. The van der Waals surface area contributed by atoms with Gasteiger partial charge in [-0.3, -0.25) is 14.5 Å². The lowest BCUT2D eigenvalue weighted by Gasteiger charge is -2.31. The van der Waals surface area contributed by atoms with Gasteiger partial charge >= 0.3 is 0 Å². The molecule has 2 fully saturated rings. The number of carbonyl (C=O) groups is 2. The second-order valence-electron chi connectivity index (χ2n) is 9.15. The fourth-order valence-electron chi connectivity index (χ4n) is 4.99. The molecule has 1 N–H and O–H groups in total. The van der Waals surface area contributed by atoms with E-state index in [4.69, 9.17) is 9.47 Å². The third-order valence-electron chi connectivity index (χ3n) is 7.04. The van der Waals surface area contributed by atoms with Crippen molar-refractivity contribution in [1.29, 1.82) is 0 Å². The smallest absolute Gasteiger partial charge is 0.295 e. The van der Waals surface area contributed by atoms with Gasteiger partial charge in [0.2, 0.25) is 0 Å². The average Bonchev–Trinajstić information content (AvgIpc) is 3.37. The Labute approximate surface area is 209 Å². The van der Waals surface area contributed by atoms with Gasteiger partial charge in [0.15, 0.2) is 5.76 Å². The molecule has 1 amide bonds. The molecule has 188 valence electrons. The summed E-state index contributed by atoms with van der Waals surface area (Å²) in [5.41, 5.74) is 3.40. The van der Waals surface area contributed by atoms with Crippen molar-refractivity contribution in [3.8, 4) is 5.75 Å². The first kappa shape index (κ1) is 24.0. The van der Waals surface area contributed by atoms with Crippen molar-refractivity contribution in [3.05, 3.63) is 70.7 Å². The van der Waals surface area contributed by atoms with Crippen LogP contribution in [0.3, 0.4) is 0 Å². The number of fused-ring (bicyclic) bond motifs is 1. The van der Waals surface area contributed by atoms with Gasteiger partial charge in [0.25, 0.3) is 11.7 Å². The van der Waals surface area contributed by atoms with Gasteiger partial charge in [-0.1, -0.05) is 18.2 Å². The van der Waals surface area contributed by atoms with E-state index in [0.717, 1.165) is 24.2 Å². The van der Waals surface area contributed by atoms with Gasteiger partial charge in [-0.25, -0.2) is 4.98 Å². The molecule has 3 aromatic rings. The molecule has 2 aliphatic heterocycles. The highest BCUT2D eigenvalue weighted by molar-refractivity contribution is 6.46. The molecule has 0 saturated carbocycles. The lowest BCUT2D eigenvalue weighted by atomic mass is 9.96. The summed E-state index contributed by atoms with van der Waals surface area (Å²) in [5.74, 6) is -0.925. The summed E-state index contributed by atoms with van der Waals surface area (Å²) in [6.07, 6.45) is 1.86. The van der Waals surface area contributed by atoms with Gasteiger partial charge in [0.05, 0.1) is 37.6 Å². The van der Waals surface area contributed by atoms with Crippen LogP contribution < -0.4 is 4.74 Å². The molecule has 1 atom stereocenters. The number of Topliss-reactive ketones (excluding diaryl/α,β-unsaturated/α-hetero) is 1. The number of aryl methyl sites for hydroxylation is 2. The van der Waals surface area contributed by atoms with E-state index in [1.54, 1.807) is 24.1 Å². The van der Waals surface area contributed by atoms with E-state index in [1.807, 2.05) is 48.7 Å². The molecular weight excluding hydrogens is 460 g/mol. The number of pyridine rings is 1. The third kappa shape index (κ3) is 4.14. The number of morpholine rings is 1. The Morgan fingerprint density at radius 2 is 1.83 bits per heavy atom. The van der Waals surface area contributed by atoms with Crippen LogP contribution in [-0.4, -0.2) is 82.5 Å². The topological polar surface area (TPSA) is 96.6 Å². The van der Waals surface area contributed by atoms with E-state index < -0.39 is 17.7 Å². The zero-order valence-corrected chi connectivity index (χ0v) is 20.7. The van der Waals surface area contributed by atoms with E-state index in [0.29, 0.717) is 49.1 Å². The summed E-state index contributed by atoms with van der Waals surface area (Å²) in [5, 5.41) is 11.5. The summed E-state index contributed by atoms with van der Waals surface area (Å²) in [4.78, 5) is 35.1. The van der Waals surface area contributed by atoms with Crippen molar-refractivity contribution in [2.24, 2.45) is 0 Å². The molecule has 9 heteroatoms. The Kier molecular flexibility index (Phi) is 6.51. The maximum Gasteiger partial charge on any atom is 0.295 e. The van der Waals surface area contributed by atoms with Crippen molar-refractivity contribution in [3.63, 3.8) is 0 Å². The predicted octanol–water partition coefficient (Wildman–Crippen LogP) is 2.71. The van der Waals surface area contributed by atoms with Crippen molar-refractivity contribution in [2.45, 2.75) is 19.9 Å². The first-order valence-corrected chi connectivity index (χ1v) is 12.1. The number of aliphatic hydroxyl groups excluding tert-OH is 1. The van der Waals surface area contributed by atoms with Crippen LogP contribution >= 0.6 is 0 Å². The summed E-state index contributed by atoms with van der Waals surface area (Å²) < 4.78 is 12.6. The Morgan fingerprint density at radius 1 is 1.11 bits per heavy atom. The minimum absolute atomic E-state index is 0.0521. The number of nitrogens with zero attached hydrogens (tertiary/aromatic N) is 4. The number of amides is 1. The number of aromatic nitrogens is 2. The Morgan fingerprint density at radius 3 is 2.50 bits per heavy atom. The Balaban J connectivity index is 1.60. The van der Waals surface area contributed by atoms with Gasteiger partial charge in [-0.2, -0.15) is 0 Å². The second-order valence-corrected chi connectivity index (χ2v) is 9.15. The van der Waals surface area contributed by atoms with Gasteiger partial charge in [-0.05, 0) is 43.2 Å². The molecular formula is C27H30N4O5. The summed E-state index contributed by atoms with van der Waals surface area (Å²) in [6, 6.07) is 10.3. The maximum absolute atomic E-state index is 13.4. The average molecular weight is 491 g/mol. The molecule has 0 bridgehead atoms. The maximum atomic E-state index is 13.4. The van der Waals surface area contributed by atoms with Crippen LogP contribution in [0.5, 0.6) is 5.75 Å². The monoisotopic (exact) mass is 490 g/mol. The SMILES string of the molecule is COc1ccc(C2C(=C(O)c3nc4c(C)cccn4c3C)C(=O)C(=O)N2CCN2CCOCC2)cc1. The number of hydrogen-bond donors (Lipinski definition) is 1. The normalized spacial score (nSPS) is 20.4. The molecule has 4 heterocycles. The number of rotatable bonds is 6. The second kappa shape index (κ2) is 9.75. The highest BCUT2D eigenvalue weighted by Gasteiger charge is 2.46. The van der Waals surface area contributed by atoms with Gasteiger partial charge < -0.3 is 23.9 Å². The van der Waals surface area contributed by atoms with Crippen LogP contribution in [0.2, 0.25) is 0 Å². The van der Waals surface area contributed by atoms with Crippen LogP contribution in [0.15, 0.2) is 48.2 Å². The molecule has 0 spiro atoms. The minimum atomic E-state index is -0.734. The molecule has 5 rings (SSSR count). The van der Waals surface area contributed by atoms with Crippen LogP contribution in [0.4, 0.5) is 0 Å². The largest absolute Gasteiger partial charge is 0.505 e. The number of ketones is 1. The zero-order valence-electron chi connectivity index (χ0n) is 20.7. The summed E-state index contributed by atoms with van der Waals surface area (Å²) in [7, 11) is 1.58. The minimum Gasteiger partial charge on any atom is -0.505 e. The van der Waals surface area contributed by atoms with E-state index in [1.165, 1.54) is 0 Å². The highest BCUT2D eigenvalue weighted by Crippen LogP contribution is 2.40. The lowest BCUT2D eigenvalue weighted by Crippen LogP contribution is -2.42. The molecule has 1 aromatic carbocycles. The first-order valence-electron chi connectivity index (χ1n) is 12.1. The van der Waals surface area contributed by atoms with E-state index in [2.05, 4.69) is 9.88 Å². The number of hydrogen-bond acceptors (Lipinski definition) is 7. The molecule has 36 heavy (non-hydrogen) atoms. The van der Waals surface area contributed by atoms with Crippen LogP contribution in [-0.2, 0) is 14.3 Å². The molecule has 0 aliphatic carbocycles. The number of likely N-dealkylation sites (tertiary alicyclic amines) is 1. The van der Waals surface area contributed by atoms with E-state index >= 15 is 0 Å². The summed E-state index contributed by atoms with van der Waals surface area (Å²) >= 11 is 0.